The van der Waals surface area contributed by atoms with Gasteiger partial charge in [0, 0.05) is 18.8 Å². The van der Waals surface area contributed by atoms with Gasteiger partial charge in [0.2, 0.25) is 12.1 Å². The van der Waals surface area contributed by atoms with Crippen LogP contribution < -0.4 is 0 Å². The topological polar surface area (TPSA) is 61.8 Å². The van der Waals surface area contributed by atoms with Crippen molar-refractivity contribution in [2.45, 2.75) is 85.7 Å². The molecule has 1 heterocycles. The third-order valence-corrected chi connectivity index (χ3v) is 6.16. The molecule has 142 valence electrons. The largest absolute Gasteiger partial charge is 0.435 e. The Kier molecular flexibility index (Phi) is 4.46. The molecule has 3 rings (SSSR count). The van der Waals surface area contributed by atoms with E-state index in [0.29, 0.717) is 18.8 Å². The van der Waals surface area contributed by atoms with Gasteiger partial charge in [-0.15, -0.1) is 0 Å². The number of hydrogen-bond donors (Lipinski definition) is 0. The van der Waals surface area contributed by atoms with Crippen molar-refractivity contribution in [1.82, 2.24) is 0 Å². The van der Waals surface area contributed by atoms with E-state index in [1.165, 1.54) is 0 Å². The Hall–Kier alpha value is -1.10. The molecule has 5 atom stereocenters. The first kappa shape index (κ1) is 18.7. The van der Waals surface area contributed by atoms with Crippen LogP contribution in [0.3, 0.4) is 0 Å². The van der Waals surface area contributed by atoms with E-state index in [2.05, 4.69) is 20.8 Å². The lowest BCUT2D eigenvalue weighted by atomic mass is 9.86. The van der Waals surface area contributed by atoms with Gasteiger partial charge < -0.3 is 9.47 Å². The van der Waals surface area contributed by atoms with Crippen molar-refractivity contribution < 1.29 is 23.8 Å². The van der Waals surface area contributed by atoms with E-state index in [9.17, 15) is 9.59 Å². The van der Waals surface area contributed by atoms with E-state index in [-0.39, 0.29) is 29.2 Å². The molecular formula is C20H32O5. The van der Waals surface area contributed by atoms with E-state index in [1.807, 2.05) is 20.8 Å². The Morgan fingerprint density at radius 1 is 1.28 bits per heavy atom. The third kappa shape index (κ3) is 3.44. The fourth-order valence-corrected chi connectivity index (χ4v) is 4.39. The Labute approximate surface area is 150 Å². The maximum atomic E-state index is 12.6. The summed E-state index contributed by atoms with van der Waals surface area (Å²) in [5.74, 6) is -0.705. The van der Waals surface area contributed by atoms with Crippen molar-refractivity contribution in [2.24, 2.45) is 28.6 Å². The molecule has 1 saturated heterocycles. The quantitative estimate of drug-likeness (QED) is 0.533. The highest BCUT2D eigenvalue weighted by Crippen LogP contribution is 2.61. The van der Waals surface area contributed by atoms with Crippen LogP contribution in [-0.2, 0) is 23.8 Å². The minimum atomic E-state index is -0.878. The number of esters is 2. The number of carbonyl (C=O) groups excluding carboxylic acids is 2. The first-order valence-corrected chi connectivity index (χ1v) is 9.57. The summed E-state index contributed by atoms with van der Waals surface area (Å²) in [6.07, 6.45) is 3.20. The fourth-order valence-electron chi connectivity index (χ4n) is 4.39. The van der Waals surface area contributed by atoms with E-state index in [1.54, 1.807) is 0 Å². The summed E-state index contributed by atoms with van der Waals surface area (Å²) < 4.78 is 17.8. The summed E-state index contributed by atoms with van der Waals surface area (Å²) in [7, 11) is 0. The van der Waals surface area contributed by atoms with Crippen LogP contribution in [0.5, 0.6) is 0 Å². The molecule has 2 saturated carbocycles. The van der Waals surface area contributed by atoms with Gasteiger partial charge in [-0.05, 0) is 44.4 Å². The lowest BCUT2D eigenvalue weighted by Gasteiger charge is -2.37. The highest BCUT2D eigenvalue weighted by atomic mass is 16.8. The lowest BCUT2D eigenvalue weighted by molar-refractivity contribution is -0.297. The zero-order chi connectivity index (χ0) is 18.6. The zero-order valence-corrected chi connectivity index (χ0v) is 16.4. The molecule has 0 N–H and O–H groups in total. The van der Waals surface area contributed by atoms with Crippen LogP contribution in [0.15, 0.2) is 0 Å². The number of hydrogen-bond acceptors (Lipinski definition) is 5. The van der Waals surface area contributed by atoms with Crippen LogP contribution in [-0.4, -0.2) is 24.0 Å². The normalized spacial score (nSPS) is 35.0. The molecule has 2 bridgehead atoms. The van der Waals surface area contributed by atoms with E-state index in [4.69, 9.17) is 14.2 Å². The SMILES string of the molecule is CCC(C)(C)C(=O)OC(CC(C)(C)C)OC12CC3CC(C(=O)O1)C2C3. The predicted molar refractivity (Wildman–Crippen MR) is 92.3 cm³/mol. The van der Waals surface area contributed by atoms with Gasteiger partial charge >= 0.3 is 11.9 Å². The molecular weight excluding hydrogens is 320 g/mol. The molecule has 0 spiro atoms. The summed E-state index contributed by atoms with van der Waals surface area (Å²) in [6, 6.07) is 0. The van der Waals surface area contributed by atoms with E-state index < -0.39 is 17.5 Å². The Balaban J connectivity index is 1.77. The van der Waals surface area contributed by atoms with Gasteiger partial charge in [-0.2, -0.15) is 0 Å². The van der Waals surface area contributed by atoms with Gasteiger partial charge in [0.25, 0.3) is 0 Å². The average molecular weight is 352 g/mol. The molecule has 25 heavy (non-hydrogen) atoms. The summed E-state index contributed by atoms with van der Waals surface area (Å²) in [6.45, 7) is 12.0. The number of ether oxygens (including phenoxy) is 3. The summed E-state index contributed by atoms with van der Waals surface area (Å²) in [4.78, 5) is 24.8. The van der Waals surface area contributed by atoms with Gasteiger partial charge in [-0.1, -0.05) is 27.7 Å². The van der Waals surface area contributed by atoms with E-state index >= 15 is 0 Å². The number of rotatable bonds is 6. The average Bonchev–Trinajstić information content (AvgIpc) is 3.05. The highest BCUT2D eigenvalue weighted by Gasteiger charge is 2.67. The van der Waals surface area contributed by atoms with Gasteiger partial charge in [0.15, 0.2) is 0 Å². The molecule has 0 aromatic rings. The molecule has 5 unspecified atom stereocenters. The molecule has 1 aliphatic heterocycles. The van der Waals surface area contributed by atoms with Crippen LogP contribution in [0.25, 0.3) is 0 Å². The molecule has 0 amide bonds. The van der Waals surface area contributed by atoms with Gasteiger partial charge in [-0.3, -0.25) is 14.3 Å². The molecule has 0 aromatic carbocycles. The number of carbonyl (C=O) groups is 2. The summed E-state index contributed by atoms with van der Waals surface area (Å²) in [5, 5.41) is 0. The Bertz CT molecular complexity index is 561. The van der Waals surface area contributed by atoms with Crippen LogP contribution in [0.1, 0.15) is 73.6 Å². The maximum Gasteiger partial charge on any atom is 0.313 e. The van der Waals surface area contributed by atoms with Gasteiger partial charge in [0.1, 0.15) is 0 Å². The molecule has 3 fully saturated rings. The second kappa shape index (κ2) is 5.97. The van der Waals surface area contributed by atoms with Crippen molar-refractivity contribution in [3.05, 3.63) is 0 Å². The summed E-state index contributed by atoms with van der Waals surface area (Å²) in [5.41, 5.74) is -0.627. The van der Waals surface area contributed by atoms with Crippen molar-refractivity contribution in [3.63, 3.8) is 0 Å². The van der Waals surface area contributed by atoms with Gasteiger partial charge in [0.05, 0.1) is 11.3 Å². The van der Waals surface area contributed by atoms with Crippen molar-refractivity contribution in [2.75, 3.05) is 0 Å². The smallest absolute Gasteiger partial charge is 0.313 e. The monoisotopic (exact) mass is 352 g/mol. The molecule has 3 aliphatic rings. The number of fused-ring (bicyclic) bond motifs is 1. The minimum Gasteiger partial charge on any atom is -0.435 e. The second-order valence-electron chi connectivity index (χ2n) is 9.94. The molecule has 0 aromatic heterocycles. The lowest BCUT2D eigenvalue weighted by Crippen LogP contribution is -2.44. The Morgan fingerprint density at radius 2 is 1.96 bits per heavy atom. The highest BCUT2D eigenvalue weighted by molar-refractivity contribution is 5.77. The standard InChI is InChI=1S/C20H32O5/c1-7-19(5,6)17(22)23-15(11-18(2,3)4)24-20-10-12-8-13(14(20)9-12)16(21)25-20/h12-15H,7-11H2,1-6H3. The molecule has 5 nitrogen and oxygen atoms in total. The first-order chi connectivity index (χ1) is 11.5. The van der Waals surface area contributed by atoms with Crippen molar-refractivity contribution in [1.29, 1.82) is 0 Å². The van der Waals surface area contributed by atoms with Crippen LogP contribution in [0.2, 0.25) is 0 Å². The van der Waals surface area contributed by atoms with Crippen molar-refractivity contribution in [3.8, 4) is 0 Å². The zero-order valence-electron chi connectivity index (χ0n) is 16.4. The van der Waals surface area contributed by atoms with Crippen molar-refractivity contribution >= 4 is 11.9 Å². The fraction of sp³-hybridized carbons (Fsp3) is 0.900. The van der Waals surface area contributed by atoms with Crippen LogP contribution in [0.4, 0.5) is 0 Å². The van der Waals surface area contributed by atoms with Gasteiger partial charge in [-0.25, -0.2) is 0 Å². The van der Waals surface area contributed by atoms with E-state index in [0.717, 1.165) is 19.3 Å². The maximum absolute atomic E-state index is 12.6. The predicted octanol–water partition coefficient (Wildman–Crippen LogP) is 4.04. The second-order valence-corrected chi connectivity index (χ2v) is 9.94. The molecule has 0 radical (unpaired) electrons. The first-order valence-electron chi connectivity index (χ1n) is 9.57. The van der Waals surface area contributed by atoms with Crippen LogP contribution >= 0.6 is 0 Å². The Morgan fingerprint density at radius 3 is 2.52 bits per heavy atom. The molecule has 5 heteroatoms. The molecule has 2 aliphatic carbocycles. The van der Waals surface area contributed by atoms with Crippen LogP contribution in [0, 0.1) is 28.6 Å². The summed E-state index contributed by atoms with van der Waals surface area (Å²) >= 11 is 0. The third-order valence-electron chi connectivity index (χ3n) is 6.16. The minimum absolute atomic E-state index is 0.0307.